The molecule has 34 heavy (non-hydrogen) atoms. The van der Waals surface area contributed by atoms with E-state index in [1.807, 2.05) is 24.3 Å². The summed E-state index contributed by atoms with van der Waals surface area (Å²) in [5.74, 6) is -0.561. The van der Waals surface area contributed by atoms with Crippen LogP contribution in [0.1, 0.15) is 23.1 Å². The SMILES string of the molecule is COCCCNC(=O)C1Cc2cc(C(F)(F)F)ccc2N2CCN(Cc3ccc(Cl)cc3)CC12. The Morgan fingerprint density at radius 2 is 1.94 bits per heavy atom. The monoisotopic (exact) mass is 495 g/mol. The van der Waals surface area contributed by atoms with Crippen LogP contribution in [0.5, 0.6) is 0 Å². The van der Waals surface area contributed by atoms with Crippen molar-refractivity contribution in [1.82, 2.24) is 10.2 Å². The number of hydrogen-bond donors (Lipinski definition) is 1. The fourth-order valence-corrected chi connectivity index (χ4v) is 5.04. The van der Waals surface area contributed by atoms with E-state index in [1.54, 1.807) is 13.2 Å². The molecule has 0 aliphatic carbocycles. The molecule has 0 saturated carbocycles. The Kier molecular flexibility index (Phi) is 7.70. The lowest BCUT2D eigenvalue weighted by Gasteiger charge is -2.49. The number of anilines is 1. The molecule has 2 aromatic rings. The van der Waals surface area contributed by atoms with Gasteiger partial charge >= 0.3 is 6.18 Å². The van der Waals surface area contributed by atoms with Crippen LogP contribution >= 0.6 is 11.6 Å². The smallest absolute Gasteiger partial charge is 0.385 e. The molecule has 9 heteroatoms. The van der Waals surface area contributed by atoms with Gasteiger partial charge in [0.25, 0.3) is 0 Å². The van der Waals surface area contributed by atoms with Gasteiger partial charge in [0.15, 0.2) is 0 Å². The first-order chi connectivity index (χ1) is 16.3. The second-order valence-corrected chi connectivity index (χ2v) is 9.35. The van der Waals surface area contributed by atoms with Gasteiger partial charge in [-0.25, -0.2) is 0 Å². The zero-order valence-corrected chi connectivity index (χ0v) is 19.8. The number of fused-ring (bicyclic) bond motifs is 3. The summed E-state index contributed by atoms with van der Waals surface area (Å²) in [5, 5.41) is 3.65. The molecule has 0 radical (unpaired) electrons. The van der Waals surface area contributed by atoms with Crippen molar-refractivity contribution in [1.29, 1.82) is 0 Å². The number of piperazine rings is 1. The Morgan fingerprint density at radius 3 is 2.65 bits per heavy atom. The molecule has 0 spiro atoms. The average molecular weight is 496 g/mol. The van der Waals surface area contributed by atoms with Crippen LogP contribution in [-0.2, 0) is 28.7 Å². The van der Waals surface area contributed by atoms with Crippen LogP contribution in [-0.4, -0.2) is 56.7 Å². The summed E-state index contributed by atoms with van der Waals surface area (Å²) in [5.41, 5.74) is 1.83. The van der Waals surface area contributed by atoms with E-state index < -0.39 is 17.7 Å². The number of benzene rings is 2. The zero-order chi connectivity index (χ0) is 24.3. The molecule has 0 bridgehead atoms. The van der Waals surface area contributed by atoms with Gasteiger partial charge in [0.05, 0.1) is 17.5 Å². The molecular weight excluding hydrogens is 467 g/mol. The predicted octanol–water partition coefficient (Wildman–Crippen LogP) is 4.37. The highest BCUT2D eigenvalue weighted by Crippen LogP contribution is 2.40. The number of carbonyl (C=O) groups is 1. The lowest BCUT2D eigenvalue weighted by Crippen LogP contribution is -2.61. The molecule has 2 aromatic carbocycles. The van der Waals surface area contributed by atoms with Crippen LogP contribution in [0.4, 0.5) is 18.9 Å². The maximum absolute atomic E-state index is 13.3. The minimum absolute atomic E-state index is 0.118. The van der Waals surface area contributed by atoms with Gasteiger partial charge in [0, 0.05) is 57.2 Å². The average Bonchev–Trinajstić information content (AvgIpc) is 2.81. The lowest BCUT2D eigenvalue weighted by molar-refractivity contribution is -0.137. The summed E-state index contributed by atoms with van der Waals surface area (Å²) in [6.45, 7) is 3.78. The van der Waals surface area contributed by atoms with Crippen LogP contribution in [0.3, 0.4) is 0 Å². The van der Waals surface area contributed by atoms with Crippen molar-refractivity contribution in [3.8, 4) is 0 Å². The van der Waals surface area contributed by atoms with E-state index in [9.17, 15) is 18.0 Å². The molecule has 5 nitrogen and oxygen atoms in total. The molecule has 1 N–H and O–H groups in total. The molecule has 1 amide bonds. The molecule has 2 aliphatic rings. The summed E-state index contributed by atoms with van der Waals surface area (Å²) in [6.07, 6.45) is -3.45. The standard InChI is InChI=1S/C25H29ClF3N3O2/c1-34-12-2-9-30-24(33)21-14-18-13-19(25(27,28)29)5-8-22(18)32-11-10-31(16-23(21)32)15-17-3-6-20(26)7-4-17/h3-8,13,21,23H,2,9-12,14-16H2,1H3,(H,30,33). The fourth-order valence-electron chi connectivity index (χ4n) is 4.91. The number of amides is 1. The van der Waals surface area contributed by atoms with Crippen molar-refractivity contribution < 1.29 is 22.7 Å². The van der Waals surface area contributed by atoms with Crippen LogP contribution in [0.25, 0.3) is 0 Å². The van der Waals surface area contributed by atoms with Crippen molar-refractivity contribution in [2.75, 3.05) is 44.8 Å². The Balaban J connectivity index is 1.56. The molecular formula is C25H29ClF3N3O2. The topological polar surface area (TPSA) is 44.8 Å². The Bertz CT molecular complexity index is 1000. The Hall–Kier alpha value is -2.29. The van der Waals surface area contributed by atoms with Gasteiger partial charge in [0.2, 0.25) is 5.91 Å². The van der Waals surface area contributed by atoms with Gasteiger partial charge < -0.3 is 15.0 Å². The van der Waals surface area contributed by atoms with E-state index >= 15 is 0 Å². The second kappa shape index (κ2) is 10.5. The third-order valence-electron chi connectivity index (χ3n) is 6.60. The van der Waals surface area contributed by atoms with Gasteiger partial charge in [-0.05, 0) is 54.3 Å². The number of methoxy groups -OCH3 is 1. The van der Waals surface area contributed by atoms with Crippen LogP contribution < -0.4 is 10.2 Å². The fraction of sp³-hybridized carbons (Fsp3) is 0.480. The molecule has 2 aliphatic heterocycles. The first kappa shape index (κ1) is 24.8. The van der Waals surface area contributed by atoms with E-state index in [2.05, 4.69) is 15.1 Å². The number of halogens is 4. The number of hydrogen-bond acceptors (Lipinski definition) is 4. The quantitative estimate of drug-likeness (QED) is 0.579. The van der Waals surface area contributed by atoms with E-state index in [1.165, 1.54) is 6.07 Å². The van der Waals surface area contributed by atoms with E-state index in [-0.39, 0.29) is 18.4 Å². The molecule has 2 unspecified atom stereocenters. The van der Waals surface area contributed by atoms with E-state index in [4.69, 9.17) is 16.3 Å². The van der Waals surface area contributed by atoms with E-state index in [0.717, 1.165) is 30.4 Å². The number of ether oxygens (including phenoxy) is 1. The van der Waals surface area contributed by atoms with Crippen LogP contribution in [0, 0.1) is 5.92 Å². The van der Waals surface area contributed by atoms with E-state index in [0.29, 0.717) is 43.2 Å². The minimum Gasteiger partial charge on any atom is -0.385 e. The molecule has 2 heterocycles. The zero-order valence-electron chi connectivity index (χ0n) is 19.1. The molecule has 184 valence electrons. The van der Waals surface area contributed by atoms with Crippen molar-refractivity contribution in [2.45, 2.75) is 31.6 Å². The first-order valence-corrected chi connectivity index (χ1v) is 11.8. The second-order valence-electron chi connectivity index (χ2n) is 8.91. The predicted molar refractivity (Wildman–Crippen MR) is 126 cm³/mol. The third kappa shape index (κ3) is 5.67. The first-order valence-electron chi connectivity index (χ1n) is 11.5. The number of nitrogens with one attached hydrogen (secondary N) is 1. The maximum Gasteiger partial charge on any atom is 0.416 e. The summed E-state index contributed by atoms with van der Waals surface area (Å²) in [6, 6.07) is 11.5. The largest absolute Gasteiger partial charge is 0.416 e. The molecule has 4 rings (SSSR count). The molecule has 1 saturated heterocycles. The van der Waals surface area contributed by atoms with Gasteiger partial charge in [-0.1, -0.05) is 23.7 Å². The van der Waals surface area contributed by atoms with Gasteiger partial charge in [-0.15, -0.1) is 0 Å². The molecule has 1 fully saturated rings. The summed E-state index contributed by atoms with van der Waals surface area (Å²) < 4.78 is 45.1. The maximum atomic E-state index is 13.3. The summed E-state index contributed by atoms with van der Waals surface area (Å²) in [7, 11) is 1.60. The minimum atomic E-state index is -4.42. The number of alkyl halides is 3. The summed E-state index contributed by atoms with van der Waals surface area (Å²) >= 11 is 6.01. The van der Waals surface area contributed by atoms with Crippen molar-refractivity contribution in [3.63, 3.8) is 0 Å². The lowest BCUT2D eigenvalue weighted by atomic mass is 9.82. The highest BCUT2D eigenvalue weighted by atomic mass is 35.5. The Morgan fingerprint density at radius 1 is 1.18 bits per heavy atom. The van der Waals surface area contributed by atoms with Gasteiger partial charge in [0.1, 0.15) is 0 Å². The number of carbonyl (C=O) groups excluding carboxylic acids is 1. The number of nitrogens with zero attached hydrogens (tertiary/aromatic N) is 2. The van der Waals surface area contributed by atoms with Gasteiger partial charge in [-0.3, -0.25) is 9.69 Å². The third-order valence-corrected chi connectivity index (χ3v) is 6.86. The van der Waals surface area contributed by atoms with Crippen LogP contribution in [0.15, 0.2) is 42.5 Å². The van der Waals surface area contributed by atoms with Crippen molar-refractivity contribution >= 4 is 23.2 Å². The molecule has 0 aromatic heterocycles. The van der Waals surface area contributed by atoms with Gasteiger partial charge in [-0.2, -0.15) is 13.2 Å². The van der Waals surface area contributed by atoms with Crippen LogP contribution in [0.2, 0.25) is 5.02 Å². The highest BCUT2D eigenvalue weighted by molar-refractivity contribution is 6.30. The van der Waals surface area contributed by atoms with Crippen molar-refractivity contribution in [2.24, 2.45) is 5.92 Å². The van der Waals surface area contributed by atoms with Crippen molar-refractivity contribution in [3.05, 3.63) is 64.2 Å². The Labute approximate surface area is 202 Å². The number of rotatable bonds is 7. The summed E-state index contributed by atoms with van der Waals surface area (Å²) in [4.78, 5) is 17.6. The molecule has 2 atom stereocenters. The highest BCUT2D eigenvalue weighted by Gasteiger charge is 2.42. The normalized spacial score (nSPS) is 20.6.